The number of carbonyl (C=O) groups is 1. The first-order chi connectivity index (χ1) is 16.9. The van der Waals surface area contributed by atoms with Gasteiger partial charge in [0.05, 0.1) is 17.9 Å². The molecule has 0 bridgehead atoms. The zero-order valence-electron chi connectivity index (χ0n) is 20.8. The van der Waals surface area contributed by atoms with Crippen LogP contribution >= 0.6 is 11.8 Å². The molecule has 2 heterocycles. The Labute approximate surface area is 210 Å². The SMILES string of the molecule is CCCSc1nc2n(n1)C(c1ccc(N(C)C)cc1)C(C(=O)Nc1ccccc1OCC)=C(C)N2. The van der Waals surface area contributed by atoms with E-state index in [4.69, 9.17) is 9.84 Å². The van der Waals surface area contributed by atoms with E-state index in [1.165, 1.54) is 0 Å². The Morgan fingerprint density at radius 3 is 2.60 bits per heavy atom. The largest absolute Gasteiger partial charge is 0.492 e. The van der Waals surface area contributed by atoms with Gasteiger partial charge in [-0.05, 0) is 50.1 Å². The Morgan fingerprint density at radius 2 is 1.91 bits per heavy atom. The molecule has 0 radical (unpaired) electrons. The van der Waals surface area contributed by atoms with E-state index in [1.807, 2.05) is 73.9 Å². The van der Waals surface area contributed by atoms with E-state index >= 15 is 0 Å². The molecular weight excluding hydrogens is 460 g/mol. The lowest BCUT2D eigenvalue weighted by Gasteiger charge is -2.29. The van der Waals surface area contributed by atoms with Gasteiger partial charge < -0.3 is 20.3 Å². The number of benzene rings is 2. The molecule has 0 spiro atoms. The normalized spacial score (nSPS) is 14.8. The third kappa shape index (κ3) is 5.30. The molecule has 8 nitrogen and oxygen atoms in total. The second-order valence-corrected chi connectivity index (χ2v) is 9.51. The monoisotopic (exact) mass is 492 g/mol. The molecule has 184 valence electrons. The van der Waals surface area contributed by atoms with Gasteiger partial charge in [-0.3, -0.25) is 4.79 Å². The molecule has 1 aliphatic rings. The summed E-state index contributed by atoms with van der Waals surface area (Å²) in [7, 11) is 4.01. The fraction of sp³-hybridized carbons (Fsp3) is 0.346. The summed E-state index contributed by atoms with van der Waals surface area (Å²) in [5, 5.41) is 11.8. The molecule has 3 aromatic rings. The number of fused-ring (bicyclic) bond motifs is 1. The fourth-order valence-electron chi connectivity index (χ4n) is 3.98. The van der Waals surface area contributed by atoms with Crippen LogP contribution in [0.4, 0.5) is 17.3 Å². The maximum absolute atomic E-state index is 13.7. The summed E-state index contributed by atoms with van der Waals surface area (Å²) in [6.07, 6.45) is 1.03. The zero-order valence-corrected chi connectivity index (χ0v) is 21.6. The van der Waals surface area contributed by atoms with Crippen molar-refractivity contribution in [2.24, 2.45) is 0 Å². The predicted octanol–water partition coefficient (Wildman–Crippen LogP) is 5.17. The molecule has 0 aliphatic carbocycles. The first-order valence-electron chi connectivity index (χ1n) is 11.8. The lowest BCUT2D eigenvalue weighted by molar-refractivity contribution is -0.113. The molecule has 4 rings (SSSR count). The Hall–Kier alpha value is -3.46. The van der Waals surface area contributed by atoms with E-state index < -0.39 is 6.04 Å². The van der Waals surface area contributed by atoms with Crippen molar-refractivity contribution in [2.75, 3.05) is 42.0 Å². The van der Waals surface area contributed by atoms with Gasteiger partial charge in [0.1, 0.15) is 11.8 Å². The second kappa shape index (κ2) is 10.9. The maximum Gasteiger partial charge on any atom is 0.255 e. The summed E-state index contributed by atoms with van der Waals surface area (Å²) in [4.78, 5) is 20.5. The summed E-state index contributed by atoms with van der Waals surface area (Å²) in [6.45, 7) is 6.47. The molecule has 1 atom stereocenters. The van der Waals surface area contributed by atoms with Crippen molar-refractivity contribution in [1.82, 2.24) is 14.8 Å². The van der Waals surface area contributed by atoms with Crippen LogP contribution in [0, 0.1) is 0 Å². The predicted molar refractivity (Wildman–Crippen MR) is 143 cm³/mol. The molecule has 1 amide bonds. The smallest absolute Gasteiger partial charge is 0.255 e. The van der Waals surface area contributed by atoms with Crippen LogP contribution in [0.2, 0.25) is 0 Å². The molecule has 9 heteroatoms. The summed E-state index contributed by atoms with van der Waals surface area (Å²) >= 11 is 1.61. The highest BCUT2D eigenvalue weighted by molar-refractivity contribution is 7.99. The number of amides is 1. The van der Waals surface area contributed by atoms with Crippen molar-refractivity contribution in [1.29, 1.82) is 0 Å². The highest BCUT2D eigenvalue weighted by Crippen LogP contribution is 2.37. The Bertz CT molecular complexity index is 1220. The number of hydrogen-bond acceptors (Lipinski definition) is 7. The zero-order chi connectivity index (χ0) is 24.9. The van der Waals surface area contributed by atoms with Gasteiger partial charge in [0.15, 0.2) is 0 Å². The van der Waals surface area contributed by atoms with Gasteiger partial charge in [-0.25, -0.2) is 4.68 Å². The first kappa shape index (κ1) is 24.7. The van der Waals surface area contributed by atoms with Crippen molar-refractivity contribution in [3.63, 3.8) is 0 Å². The molecular formula is C26H32N6O2S. The first-order valence-corrected chi connectivity index (χ1v) is 12.8. The molecule has 35 heavy (non-hydrogen) atoms. The minimum Gasteiger partial charge on any atom is -0.492 e. The van der Waals surface area contributed by atoms with Crippen LogP contribution in [0.1, 0.15) is 38.8 Å². The lowest BCUT2D eigenvalue weighted by atomic mass is 9.94. The number of nitrogens with one attached hydrogen (secondary N) is 2. The van der Waals surface area contributed by atoms with Crippen molar-refractivity contribution in [3.05, 3.63) is 65.4 Å². The minimum atomic E-state index is -0.426. The molecule has 1 aromatic heterocycles. The molecule has 2 N–H and O–H groups in total. The topological polar surface area (TPSA) is 84.3 Å². The summed E-state index contributed by atoms with van der Waals surface area (Å²) in [5.41, 5.74) is 3.99. The molecule has 0 saturated carbocycles. The Kier molecular flexibility index (Phi) is 7.65. The number of rotatable bonds is 9. The van der Waals surface area contributed by atoms with E-state index in [1.54, 1.807) is 11.8 Å². The number of ether oxygens (including phenoxy) is 1. The standard InChI is InChI=1S/C26H32N6O2S/c1-6-16-35-26-29-25-27-17(3)22(24(33)28-20-10-8-9-11-21(20)34-7-2)23(32(25)30-26)18-12-14-19(15-13-18)31(4)5/h8-15,23H,6-7,16H2,1-5H3,(H,28,33)(H,27,29,30). The van der Waals surface area contributed by atoms with E-state index in [0.29, 0.717) is 34.7 Å². The molecule has 1 unspecified atom stereocenters. The van der Waals surface area contributed by atoms with Crippen LogP contribution in [0.15, 0.2) is 65.0 Å². The molecule has 2 aromatic carbocycles. The minimum absolute atomic E-state index is 0.215. The van der Waals surface area contributed by atoms with E-state index in [2.05, 4.69) is 34.7 Å². The van der Waals surface area contributed by atoms with Crippen molar-refractivity contribution < 1.29 is 9.53 Å². The average Bonchev–Trinajstić information content (AvgIpc) is 3.25. The van der Waals surface area contributed by atoms with E-state index in [9.17, 15) is 4.79 Å². The van der Waals surface area contributed by atoms with Crippen LogP contribution in [0.25, 0.3) is 0 Å². The van der Waals surface area contributed by atoms with Crippen LogP contribution in [-0.2, 0) is 4.79 Å². The quantitative estimate of drug-likeness (QED) is 0.399. The number of nitrogens with zero attached hydrogens (tertiary/aromatic N) is 4. The fourth-order valence-corrected chi connectivity index (χ4v) is 4.67. The average molecular weight is 493 g/mol. The highest BCUT2D eigenvalue weighted by atomic mass is 32.2. The van der Waals surface area contributed by atoms with Crippen LogP contribution < -0.4 is 20.3 Å². The summed E-state index contributed by atoms with van der Waals surface area (Å²) < 4.78 is 7.53. The Morgan fingerprint density at radius 1 is 1.17 bits per heavy atom. The van der Waals surface area contributed by atoms with Crippen LogP contribution in [0.5, 0.6) is 5.75 Å². The number of carbonyl (C=O) groups excluding carboxylic acids is 1. The van der Waals surface area contributed by atoms with E-state index in [0.717, 1.165) is 29.1 Å². The Balaban J connectivity index is 1.75. The lowest BCUT2D eigenvalue weighted by Crippen LogP contribution is -2.31. The van der Waals surface area contributed by atoms with Gasteiger partial charge in [-0.15, -0.1) is 5.10 Å². The van der Waals surface area contributed by atoms with Gasteiger partial charge in [-0.2, -0.15) is 4.98 Å². The number of hydrogen-bond donors (Lipinski definition) is 2. The van der Waals surface area contributed by atoms with Gasteiger partial charge >= 0.3 is 0 Å². The molecule has 0 saturated heterocycles. The van der Waals surface area contributed by atoms with Gasteiger partial charge in [0, 0.05) is 31.2 Å². The number of para-hydroxylation sites is 2. The highest BCUT2D eigenvalue weighted by Gasteiger charge is 2.34. The summed E-state index contributed by atoms with van der Waals surface area (Å²) in [5.74, 6) is 1.98. The van der Waals surface area contributed by atoms with Crippen molar-refractivity contribution >= 4 is 35.0 Å². The summed E-state index contributed by atoms with van der Waals surface area (Å²) in [6, 6.07) is 15.2. The third-order valence-electron chi connectivity index (χ3n) is 5.67. The number of allylic oxidation sites excluding steroid dienone is 1. The third-order valence-corrected chi connectivity index (χ3v) is 6.72. The van der Waals surface area contributed by atoms with Gasteiger partial charge in [0.25, 0.3) is 5.91 Å². The van der Waals surface area contributed by atoms with Crippen LogP contribution in [-0.4, -0.2) is 47.1 Å². The molecule has 1 aliphatic heterocycles. The van der Waals surface area contributed by atoms with Crippen LogP contribution in [0.3, 0.4) is 0 Å². The van der Waals surface area contributed by atoms with Gasteiger partial charge in [-0.1, -0.05) is 43.0 Å². The van der Waals surface area contributed by atoms with Crippen molar-refractivity contribution in [3.8, 4) is 5.75 Å². The second-order valence-electron chi connectivity index (χ2n) is 8.45. The van der Waals surface area contributed by atoms with Gasteiger partial charge in [0.2, 0.25) is 11.1 Å². The number of aromatic nitrogens is 3. The van der Waals surface area contributed by atoms with E-state index in [-0.39, 0.29) is 5.91 Å². The number of anilines is 3. The molecule has 0 fully saturated rings. The number of thioether (sulfide) groups is 1. The van der Waals surface area contributed by atoms with Crippen molar-refractivity contribution in [2.45, 2.75) is 38.4 Å². The maximum atomic E-state index is 13.7.